The highest BCUT2D eigenvalue weighted by atomic mass is 79.9. The van der Waals surface area contributed by atoms with E-state index in [-0.39, 0.29) is 106 Å². The molecule has 0 spiro atoms. The van der Waals surface area contributed by atoms with Crippen LogP contribution in [0.15, 0.2) is 60.7 Å². The van der Waals surface area contributed by atoms with Crippen molar-refractivity contribution in [2.75, 3.05) is 92.5 Å². The van der Waals surface area contributed by atoms with Gasteiger partial charge in [0.1, 0.15) is 71.3 Å². The van der Waals surface area contributed by atoms with Crippen molar-refractivity contribution in [3.63, 3.8) is 0 Å². The standard InChI is InChI=1S/C18H23FO6.C13H13FO5.C11H19FO5.C11H17FO5.C11H20O5.C11H18O5.C9H17FO3.C5H9BrO2.C5H8O3/c1-5-22-16(21)18(4,19)14(13-11-23-17(2,3)25-13)24-15(20)12-9-7-6-8-10-12;1-13(14)10(9(7-15)18-12(13)17)19-11(16)8-5-3-2-4-6-8;2*1-5-15-9(14)11(4,12)8(13)7-6-16-10(2,3)17-7;2*1-5-14-10(13)7(2)9(12)8-6-15-11(3,4)16-8;1-8(2,10)7(11)6-5-12-9(3,4)13-6;1-3-8-5(7)4(2)6;1-4-7-3-5(2-6)8-4/h6-10,13-14H,5,11H2,1-4H3;2-6,9-10,15H,7H2,1H3;7-8,13H,5-6H2,1-4H3;7H,5-6H2,1-4H3;7-9,12H,5-6H2,1-4H3;7-8H,5-6H2,1-4H3;6-7,11H,5H2,1-4H3;4H,3H2,1-2H3;2,4-5H,3H2,1H3/t13?,14-,18+;9?,10-,13-;7?,8-,11-;;;;6?,7-;;/m110...0../s1. The Hall–Kier alpha value is -7.91. The molecule has 0 amide bonds. The fraction of sp³-hybridized carbons (Fsp3) is 0.745. The van der Waals surface area contributed by atoms with Crippen molar-refractivity contribution in [2.24, 2.45) is 11.8 Å². The highest BCUT2D eigenvalue weighted by molar-refractivity contribution is 9.10. The van der Waals surface area contributed by atoms with Gasteiger partial charge in [-0.15, -0.1) is 0 Å². The van der Waals surface area contributed by atoms with E-state index in [1.807, 2.05) is 0 Å². The van der Waals surface area contributed by atoms with Gasteiger partial charge in [-0.2, -0.15) is 0 Å². The maximum atomic E-state index is 15.2. The SMILES string of the molecule is CC1(C)OCC([C@H](O)C(C)(C)F)O1.CC1OCC(C=O)O1.CCOC(=O)C(C)(F)C(=O)C1COC(C)(C)O1.CCOC(=O)C(C)Br.CCOC(=O)C(C)C(=O)C1COC(C)(C)O1.CCOC(=O)C(C)C(O)C1COC(C)(C)O1.CCOC(=O)[C@@](C)(F)[C@@H](O)C1COC(C)(C)O1.CCOC(=O)[C@@](C)(F)[C@H](OC(=O)c1ccccc1)C1COC(C)(C)O1.C[C@]1(F)C(=O)OC(CO)[C@H]1OC(=O)c1ccccc1. The summed E-state index contributed by atoms with van der Waals surface area (Å²) in [6.07, 6.45) is -12.2. The molecular weight excluding hydrogens is 1930 g/mol. The van der Waals surface area contributed by atoms with Crippen LogP contribution in [0.1, 0.15) is 215 Å². The van der Waals surface area contributed by atoms with Crippen LogP contribution in [0, 0.1) is 11.8 Å². The summed E-state index contributed by atoms with van der Waals surface area (Å²) >= 11 is 3.07. The minimum atomic E-state index is -2.70. The van der Waals surface area contributed by atoms with Crippen LogP contribution in [0.2, 0.25) is 0 Å². The molecule has 39 nitrogen and oxygen atoms in total. The number of carbonyl (C=O) groups excluding carboxylic acids is 12. The molecule has 0 aliphatic carbocycles. The number of hydrogen-bond acceptors (Lipinski definition) is 39. The molecule has 2 aromatic rings. The molecule has 8 saturated heterocycles. The number of cyclic esters (lactones) is 1. The summed E-state index contributed by atoms with van der Waals surface area (Å²) in [5.41, 5.74) is -11.4. The largest absolute Gasteiger partial charge is 0.466 e. The quantitative estimate of drug-likeness (QED) is 0.0141. The zero-order valence-corrected chi connectivity index (χ0v) is 86.0. The van der Waals surface area contributed by atoms with Gasteiger partial charge < -0.3 is 134 Å². The molecule has 4 N–H and O–H groups in total. The fourth-order valence-electron chi connectivity index (χ4n) is 12.8. The zero-order valence-electron chi connectivity index (χ0n) is 84.4. The normalized spacial score (nSPS) is 26.7. The second-order valence-electron chi connectivity index (χ2n) is 35.8. The molecule has 45 heteroatoms. The average molecular weight is 2070 g/mol. The smallest absolute Gasteiger partial charge is 0.351 e. The van der Waals surface area contributed by atoms with E-state index in [9.17, 15) is 90.4 Å². The number of ether oxygens (including phenoxy) is 23. The van der Waals surface area contributed by atoms with Crippen molar-refractivity contribution in [1.29, 1.82) is 0 Å². The van der Waals surface area contributed by atoms with Crippen molar-refractivity contribution in [2.45, 2.75) is 347 Å². The van der Waals surface area contributed by atoms with Gasteiger partial charge in [0.15, 0.2) is 71.4 Å². The third-order valence-electron chi connectivity index (χ3n) is 20.5. The summed E-state index contributed by atoms with van der Waals surface area (Å²) in [6, 6.07) is 16.1. The monoisotopic (exact) mass is 2070 g/mol. The summed E-state index contributed by atoms with van der Waals surface area (Å²) < 4.78 is 188. The summed E-state index contributed by atoms with van der Waals surface area (Å²) in [4.78, 5) is 137. The van der Waals surface area contributed by atoms with E-state index in [0.29, 0.717) is 19.8 Å². The van der Waals surface area contributed by atoms with Crippen LogP contribution >= 0.6 is 15.9 Å². The Morgan fingerprint density at radius 1 is 0.489 bits per heavy atom. The van der Waals surface area contributed by atoms with Crippen LogP contribution in [0.3, 0.4) is 0 Å². The first kappa shape index (κ1) is 127. The number of benzene rings is 2. The van der Waals surface area contributed by atoms with E-state index in [0.717, 1.165) is 34.0 Å². The number of aliphatic hydroxyl groups excluding tert-OH is 4. The average Bonchev–Trinajstić information content (AvgIpc) is 1.65. The lowest BCUT2D eigenvalue weighted by molar-refractivity contribution is -0.183. The number of aldehydes is 1. The molecule has 8 fully saturated rings. The number of Topliss-reactive ketones (excluding diaryl/α,β-unsaturated/α-hetero) is 2. The van der Waals surface area contributed by atoms with Crippen LogP contribution in [0.4, 0.5) is 22.0 Å². The van der Waals surface area contributed by atoms with Gasteiger partial charge in [-0.05, 0) is 218 Å². The van der Waals surface area contributed by atoms with Crippen LogP contribution in [-0.2, 0) is 157 Å². The van der Waals surface area contributed by atoms with Gasteiger partial charge in [-0.25, -0.2) is 50.7 Å². The molecule has 0 saturated carbocycles. The Balaban J connectivity index is 0.000000537. The lowest BCUT2D eigenvalue weighted by Gasteiger charge is -2.32. The Kier molecular flexibility index (Phi) is 51.6. The van der Waals surface area contributed by atoms with Gasteiger partial charge in [0.2, 0.25) is 22.8 Å². The molecule has 8 aliphatic heterocycles. The predicted molar refractivity (Wildman–Crippen MR) is 482 cm³/mol. The second kappa shape index (κ2) is 56.4. The molecule has 2 aromatic carbocycles. The topological polar surface area (TPSA) is 498 Å². The van der Waals surface area contributed by atoms with Crippen LogP contribution in [-0.4, -0.2) is 338 Å². The van der Waals surface area contributed by atoms with Gasteiger partial charge >= 0.3 is 53.7 Å². The molecule has 0 radical (unpaired) electrons. The Labute approximate surface area is 816 Å². The minimum absolute atomic E-state index is 0.00517. The molecule has 0 aromatic heterocycles. The Morgan fingerprint density at radius 3 is 1.22 bits per heavy atom. The van der Waals surface area contributed by atoms with Crippen LogP contribution in [0.5, 0.6) is 0 Å². The van der Waals surface area contributed by atoms with Crippen molar-refractivity contribution in [3.8, 4) is 0 Å². The highest BCUT2D eigenvalue weighted by Crippen LogP contribution is 2.38. The Morgan fingerprint density at radius 2 is 0.863 bits per heavy atom. The number of ketones is 2. The van der Waals surface area contributed by atoms with E-state index in [1.54, 1.807) is 175 Å². The summed E-state index contributed by atoms with van der Waals surface area (Å²) in [7, 11) is 0. The van der Waals surface area contributed by atoms with Crippen molar-refractivity contribution in [1.82, 2.24) is 0 Å². The van der Waals surface area contributed by atoms with Crippen molar-refractivity contribution in [3.05, 3.63) is 71.8 Å². The Bertz CT molecular complexity index is 4180. The molecule has 139 heavy (non-hydrogen) atoms. The van der Waals surface area contributed by atoms with Crippen LogP contribution in [0.25, 0.3) is 0 Å². The zero-order chi connectivity index (χ0) is 107. The summed E-state index contributed by atoms with van der Waals surface area (Å²) in [6.45, 7) is 44.9. The number of aliphatic hydroxyl groups is 4. The number of esters is 9. The lowest BCUT2D eigenvalue weighted by atomic mass is 9.96. The third-order valence-corrected chi connectivity index (χ3v) is 20.9. The number of halogens is 6. The van der Waals surface area contributed by atoms with E-state index in [1.165, 1.54) is 52.0 Å². The molecule has 8 heterocycles. The maximum absolute atomic E-state index is 15.2. The maximum Gasteiger partial charge on any atom is 0.351 e. The van der Waals surface area contributed by atoms with E-state index < -0.39 is 208 Å². The second-order valence-corrected chi connectivity index (χ2v) is 37.2. The van der Waals surface area contributed by atoms with Crippen molar-refractivity contribution >= 4 is 87.5 Å². The number of alkyl halides is 6. The minimum Gasteiger partial charge on any atom is -0.466 e. The van der Waals surface area contributed by atoms with E-state index in [4.69, 9.17) is 95.1 Å². The van der Waals surface area contributed by atoms with Crippen molar-refractivity contribution < 1.29 is 209 Å². The summed E-state index contributed by atoms with van der Waals surface area (Å²) in [5.74, 6) is -14.8. The van der Waals surface area contributed by atoms with Gasteiger partial charge in [-0.1, -0.05) is 52.3 Å². The number of hydrogen-bond donors (Lipinski definition) is 4. The van der Waals surface area contributed by atoms with E-state index >= 15 is 4.39 Å². The number of carbonyl (C=O) groups is 12. The van der Waals surface area contributed by atoms with E-state index in [2.05, 4.69) is 34.9 Å². The van der Waals surface area contributed by atoms with Crippen LogP contribution < -0.4 is 0 Å². The molecule has 8 aliphatic rings. The lowest BCUT2D eigenvalue weighted by Crippen LogP contribution is -2.53. The molecule has 0 bridgehead atoms. The fourth-order valence-corrected chi connectivity index (χ4v) is 12.9. The molecule has 21 atom stereocenters. The van der Waals surface area contributed by atoms with Gasteiger partial charge in [-0.3, -0.25) is 24.0 Å². The predicted octanol–water partition coefficient (Wildman–Crippen LogP) is 9.43. The first-order valence-electron chi connectivity index (χ1n) is 45.2. The van der Waals surface area contributed by atoms with Gasteiger partial charge in [0.05, 0.1) is 116 Å². The highest BCUT2D eigenvalue weighted by Gasteiger charge is 2.59. The molecular formula is C94H144BrF5O39. The van der Waals surface area contributed by atoms with Gasteiger partial charge in [0.25, 0.3) is 5.67 Å². The third kappa shape index (κ3) is 41.4. The first-order chi connectivity index (χ1) is 64.0. The van der Waals surface area contributed by atoms with Gasteiger partial charge in [0, 0.05) is 0 Å². The molecule has 14 unspecified atom stereocenters. The molecule has 10 rings (SSSR count). The first-order valence-corrected chi connectivity index (χ1v) is 46.1. The molecule has 796 valence electrons. The summed E-state index contributed by atoms with van der Waals surface area (Å²) in [5, 5.41) is 38.3. The number of rotatable bonds is 30.